The third-order valence-electron chi connectivity index (χ3n) is 6.17. The van der Waals surface area contributed by atoms with Crippen molar-refractivity contribution < 1.29 is 4.79 Å². The van der Waals surface area contributed by atoms with Gasteiger partial charge in [0.1, 0.15) is 0 Å². The van der Waals surface area contributed by atoms with Crippen LogP contribution in [0.4, 0.5) is 11.4 Å². The van der Waals surface area contributed by atoms with Gasteiger partial charge in [0.15, 0.2) is 0 Å². The third kappa shape index (κ3) is 4.49. The second-order valence-corrected chi connectivity index (χ2v) is 8.23. The molecular weight excluding hydrogens is 346 g/mol. The van der Waals surface area contributed by atoms with Gasteiger partial charge in [0.25, 0.3) is 0 Å². The smallest absolute Gasteiger partial charge is 0.224 e. The third-order valence-corrected chi connectivity index (χ3v) is 6.17. The van der Waals surface area contributed by atoms with Crippen LogP contribution in [0.2, 0.25) is 0 Å². The lowest BCUT2D eigenvalue weighted by molar-refractivity contribution is -0.131. The van der Waals surface area contributed by atoms with Crippen LogP contribution >= 0.6 is 0 Å². The monoisotopic (exact) mass is 377 g/mol. The average molecular weight is 378 g/mol. The fourth-order valence-electron chi connectivity index (χ4n) is 4.24. The summed E-state index contributed by atoms with van der Waals surface area (Å²) in [5.41, 5.74) is 5.07. The van der Waals surface area contributed by atoms with Crippen molar-refractivity contribution in [1.82, 2.24) is 4.90 Å². The van der Waals surface area contributed by atoms with Crippen molar-refractivity contribution in [2.24, 2.45) is 5.92 Å². The lowest BCUT2D eigenvalue weighted by Gasteiger charge is -2.32. The highest BCUT2D eigenvalue weighted by Crippen LogP contribution is 2.24. The van der Waals surface area contributed by atoms with E-state index < -0.39 is 0 Å². The van der Waals surface area contributed by atoms with Gasteiger partial charge in [0.05, 0.1) is 0 Å². The molecule has 0 bridgehead atoms. The molecular formula is C24H31N3O. The Hall–Kier alpha value is -2.49. The SMILES string of the molecule is CC1CCN(c2ccc(NCCC(=O)N3CCc4ccccc4C3)cc2)CC1. The van der Waals surface area contributed by atoms with E-state index in [0.717, 1.165) is 44.2 Å². The van der Waals surface area contributed by atoms with Crippen LogP contribution in [0.3, 0.4) is 0 Å². The summed E-state index contributed by atoms with van der Waals surface area (Å²) in [5.74, 6) is 1.09. The molecule has 0 radical (unpaired) electrons. The molecule has 2 heterocycles. The van der Waals surface area contributed by atoms with Crippen molar-refractivity contribution in [3.05, 3.63) is 59.7 Å². The zero-order chi connectivity index (χ0) is 19.3. The summed E-state index contributed by atoms with van der Waals surface area (Å²) in [6, 6.07) is 17.1. The minimum absolute atomic E-state index is 0.237. The molecule has 0 unspecified atom stereocenters. The topological polar surface area (TPSA) is 35.6 Å². The quantitative estimate of drug-likeness (QED) is 0.843. The van der Waals surface area contributed by atoms with Gasteiger partial charge in [-0.2, -0.15) is 0 Å². The van der Waals surface area contributed by atoms with Crippen molar-refractivity contribution in [2.45, 2.75) is 39.2 Å². The molecule has 0 saturated carbocycles. The summed E-state index contributed by atoms with van der Waals surface area (Å²) in [4.78, 5) is 17.0. The second-order valence-electron chi connectivity index (χ2n) is 8.23. The van der Waals surface area contributed by atoms with Gasteiger partial charge < -0.3 is 15.1 Å². The molecule has 2 aliphatic heterocycles. The Labute approximate surface area is 168 Å². The summed E-state index contributed by atoms with van der Waals surface area (Å²) < 4.78 is 0. The number of amides is 1. The Bertz CT molecular complexity index is 794. The van der Waals surface area contributed by atoms with Gasteiger partial charge in [0.2, 0.25) is 5.91 Å². The molecule has 4 nitrogen and oxygen atoms in total. The molecule has 148 valence electrons. The zero-order valence-corrected chi connectivity index (χ0v) is 16.9. The minimum Gasteiger partial charge on any atom is -0.385 e. The summed E-state index contributed by atoms with van der Waals surface area (Å²) in [6.07, 6.45) is 4.06. The number of anilines is 2. The van der Waals surface area contributed by atoms with E-state index in [-0.39, 0.29) is 5.91 Å². The number of piperidine rings is 1. The van der Waals surface area contributed by atoms with Crippen LogP contribution in [-0.4, -0.2) is 37.0 Å². The standard InChI is InChI=1S/C24H31N3O/c1-19-11-15-26(16-12-19)23-8-6-22(7-9-23)25-14-10-24(28)27-17-13-20-4-2-3-5-21(20)18-27/h2-9,19,25H,10-18H2,1H3. The predicted molar refractivity (Wildman–Crippen MR) is 116 cm³/mol. The van der Waals surface area contributed by atoms with E-state index in [4.69, 9.17) is 0 Å². The van der Waals surface area contributed by atoms with E-state index in [0.29, 0.717) is 13.0 Å². The van der Waals surface area contributed by atoms with Gasteiger partial charge in [-0.3, -0.25) is 4.79 Å². The van der Waals surface area contributed by atoms with Crippen LogP contribution in [0.5, 0.6) is 0 Å². The molecule has 2 aromatic rings. The first-order valence-electron chi connectivity index (χ1n) is 10.6. The van der Waals surface area contributed by atoms with E-state index in [9.17, 15) is 4.79 Å². The number of rotatable bonds is 5. The molecule has 4 heteroatoms. The van der Waals surface area contributed by atoms with Crippen LogP contribution in [0.15, 0.2) is 48.5 Å². The van der Waals surface area contributed by atoms with Gasteiger partial charge in [-0.1, -0.05) is 31.2 Å². The van der Waals surface area contributed by atoms with Crippen LogP contribution in [0.25, 0.3) is 0 Å². The van der Waals surface area contributed by atoms with Crippen molar-refractivity contribution in [3.8, 4) is 0 Å². The second kappa shape index (κ2) is 8.68. The number of benzene rings is 2. The van der Waals surface area contributed by atoms with Crippen molar-refractivity contribution in [1.29, 1.82) is 0 Å². The highest BCUT2D eigenvalue weighted by atomic mass is 16.2. The molecule has 28 heavy (non-hydrogen) atoms. The molecule has 1 N–H and O–H groups in total. The molecule has 1 saturated heterocycles. The van der Waals surface area contributed by atoms with Crippen LogP contribution < -0.4 is 10.2 Å². The molecule has 1 amide bonds. The normalized spacial score (nSPS) is 17.3. The maximum absolute atomic E-state index is 12.6. The van der Waals surface area contributed by atoms with Crippen molar-refractivity contribution in [3.63, 3.8) is 0 Å². The van der Waals surface area contributed by atoms with Crippen molar-refractivity contribution in [2.75, 3.05) is 36.4 Å². The Morgan fingerprint density at radius 3 is 2.46 bits per heavy atom. The number of nitrogens with zero attached hydrogens (tertiary/aromatic N) is 2. The van der Waals surface area contributed by atoms with Gasteiger partial charge >= 0.3 is 0 Å². The van der Waals surface area contributed by atoms with Crippen LogP contribution in [0.1, 0.15) is 37.3 Å². The Balaban J connectivity index is 1.23. The first-order chi connectivity index (χ1) is 13.7. The maximum atomic E-state index is 12.6. The van der Waals surface area contributed by atoms with Crippen LogP contribution in [0, 0.1) is 5.92 Å². The zero-order valence-electron chi connectivity index (χ0n) is 16.9. The van der Waals surface area contributed by atoms with E-state index in [2.05, 4.69) is 65.7 Å². The van der Waals surface area contributed by atoms with Gasteiger partial charge in [-0.25, -0.2) is 0 Å². The fourth-order valence-corrected chi connectivity index (χ4v) is 4.24. The molecule has 2 aliphatic rings. The lowest BCUT2D eigenvalue weighted by atomic mass is 9.99. The summed E-state index contributed by atoms with van der Waals surface area (Å²) >= 11 is 0. The Kier molecular flexibility index (Phi) is 5.84. The number of hydrogen-bond donors (Lipinski definition) is 1. The number of hydrogen-bond acceptors (Lipinski definition) is 3. The number of carbonyl (C=O) groups is 1. The molecule has 2 aromatic carbocycles. The highest BCUT2D eigenvalue weighted by molar-refractivity contribution is 5.77. The largest absolute Gasteiger partial charge is 0.385 e. The molecule has 0 aliphatic carbocycles. The maximum Gasteiger partial charge on any atom is 0.224 e. The molecule has 0 atom stereocenters. The average Bonchev–Trinajstić information content (AvgIpc) is 2.74. The number of carbonyl (C=O) groups excluding carboxylic acids is 1. The Morgan fingerprint density at radius 2 is 1.71 bits per heavy atom. The van der Waals surface area contributed by atoms with E-state index in [1.807, 2.05) is 4.90 Å². The molecule has 4 rings (SSSR count). The van der Waals surface area contributed by atoms with Crippen molar-refractivity contribution >= 4 is 17.3 Å². The summed E-state index contributed by atoms with van der Waals surface area (Å²) in [7, 11) is 0. The van der Waals surface area contributed by atoms with Gasteiger partial charge in [0, 0.05) is 50.5 Å². The van der Waals surface area contributed by atoms with E-state index >= 15 is 0 Å². The molecule has 1 fully saturated rings. The first kappa shape index (κ1) is 18.9. The molecule has 0 aromatic heterocycles. The fraction of sp³-hybridized carbons (Fsp3) is 0.458. The van der Waals surface area contributed by atoms with E-state index in [1.165, 1.54) is 29.7 Å². The molecule has 0 spiro atoms. The minimum atomic E-state index is 0.237. The highest BCUT2D eigenvalue weighted by Gasteiger charge is 2.20. The number of fused-ring (bicyclic) bond motifs is 1. The van der Waals surface area contributed by atoms with Crippen LogP contribution in [-0.2, 0) is 17.8 Å². The van der Waals surface area contributed by atoms with Gasteiger partial charge in [-0.15, -0.1) is 0 Å². The summed E-state index contributed by atoms with van der Waals surface area (Å²) in [5, 5.41) is 3.40. The predicted octanol–water partition coefficient (Wildman–Crippen LogP) is 4.31. The van der Waals surface area contributed by atoms with E-state index in [1.54, 1.807) is 0 Å². The lowest BCUT2D eigenvalue weighted by Crippen LogP contribution is -2.36. The van der Waals surface area contributed by atoms with Gasteiger partial charge in [-0.05, 0) is 60.6 Å². The number of nitrogens with one attached hydrogen (secondary N) is 1. The Morgan fingerprint density at radius 1 is 1.00 bits per heavy atom. The first-order valence-corrected chi connectivity index (χ1v) is 10.6. The summed E-state index contributed by atoms with van der Waals surface area (Å²) in [6.45, 7) is 6.91.